The van der Waals surface area contributed by atoms with Crippen molar-refractivity contribution in [1.82, 2.24) is 20.1 Å². The lowest BCUT2D eigenvalue weighted by Crippen LogP contribution is -2.43. The second kappa shape index (κ2) is 3.98. The summed E-state index contributed by atoms with van der Waals surface area (Å²) < 4.78 is 1.68. The molecule has 0 saturated carbocycles. The SMILES string of the molecule is Cn1ncnc1C1CCCC(C(=O)O)N1. The summed E-state index contributed by atoms with van der Waals surface area (Å²) in [4.78, 5) is 15.0. The highest BCUT2D eigenvalue weighted by atomic mass is 16.4. The van der Waals surface area contributed by atoms with Gasteiger partial charge in [-0.2, -0.15) is 5.10 Å². The van der Waals surface area contributed by atoms with Crippen molar-refractivity contribution < 1.29 is 9.90 Å². The van der Waals surface area contributed by atoms with Crippen molar-refractivity contribution in [2.45, 2.75) is 31.3 Å². The lowest BCUT2D eigenvalue weighted by molar-refractivity contribution is -0.140. The number of hydrogen-bond acceptors (Lipinski definition) is 4. The van der Waals surface area contributed by atoms with E-state index in [1.165, 1.54) is 6.33 Å². The minimum Gasteiger partial charge on any atom is -0.480 e. The summed E-state index contributed by atoms with van der Waals surface area (Å²) in [6.45, 7) is 0. The Morgan fingerprint density at radius 1 is 1.67 bits per heavy atom. The van der Waals surface area contributed by atoms with Crippen LogP contribution >= 0.6 is 0 Å². The number of nitrogens with one attached hydrogen (secondary N) is 1. The predicted molar refractivity (Wildman–Crippen MR) is 52.2 cm³/mol. The van der Waals surface area contributed by atoms with Crippen LogP contribution in [0.2, 0.25) is 0 Å². The van der Waals surface area contributed by atoms with Gasteiger partial charge in [-0.1, -0.05) is 0 Å². The van der Waals surface area contributed by atoms with Crippen LogP contribution in [0, 0.1) is 0 Å². The Bertz CT molecular complexity index is 363. The molecular formula is C9H14N4O2. The minimum atomic E-state index is -0.790. The van der Waals surface area contributed by atoms with Gasteiger partial charge >= 0.3 is 5.97 Å². The molecule has 2 heterocycles. The summed E-state index contributed by atoms with van der Waals surface area (Å²) in [5, 5.41) is 16.0. The van der Waals surface area contributed by atoms with Crippen molar-refractivity contribution in [2.75, 3.05) is 0 Å². The van der Waals surface area contributed by atoms with Crippen LogP contribution in [0.15, 0.2) is 6.33 Å². The fourth-order valence-electron chi connectivity index (χ4n) is 1.95. The van der Waals surface area contributed by atoms with Crippen molar-refractivity contribution in [3.05, 3.63) is 12.2 Å². The number of hydrogen-bond donors (Lipinski definition) is 2. The Balaban J connectivity index is 2.11. The van der Waals surface area contributed by atoms with Crippen LogP contribution in [-0.2, 0) is 11.8 Å². The number of carboxylic acids is 1. The average Bonchev–Trinajstić information content (AvgIpc) is 2.64. The van der Waals surface area contributed by atoms with E-state index in [4.69, 9.17) is 5.11 Å². The summed E-state index contributed by atoms with van der Waals surface area (Å²) in [6.07, 6.45) is 3.99. The number of nitrogens with zero attached hydrogens (tertiary/aromatic N) is 3. The molecule has 2 unspecified atom stereocenters. The Kier molecular flexibility index (Phi) is 2.68. The first-order chi connectivity index (χ1) is 7.18. The third kappa shape index (κ3) is 1.99. The van der Waals surface area contributed by atoms with Crippen molar-refractivity contribution in [3.63, 3.8) is 0 Å². The molecule has 2 rings (SSSR count). The lowest BCUT2D eigenvalue weighted by Gasteiger charge is -2.27. The highest BCUT2D eigenvalue weighted by Gasteiger charge is 2.28. The predicted octanol–water partition coefficient (Wildman–Crippen LogP) is 0.0829. The van der Waals surface area contributed by atoms with Crippen LogP contribution in [0.1, 0.15) is 31.1 Å². The van der Waals surface area contributed by atoms with E-state index in [-0.39, 0.29) is 6.04 Å². The average molecular weight is 210 g/mol. The van der Waals surface area contributed by atoms with Crippen molar-refractivity contribution >= 4 is 5.97 Å². The van der Waals surface area contributed by atoms with E-state index < -0.39 is 12.0 Å². The second-order valence-corrected chi connectivity index (χ2v) is 3.78. The van der Waals surface area contributed by atoms with Gasteiger partial charge in [0.05, 0.1) is 6.04 Å². The Morgan fingerprint density at radius 3 is 3.07 bits per heavy atom. The van der Waals surface area contributed by atoms with E-state index in [1.54, 1.807) is 4.68 Å². The molecule has 0 radical (unpaired) electrons. The van der Waals surface area contributed by atoms with Gasteiger partial charge in [-0.25, -0.2) is 4.98 Å². The van der Waals surface area contributed by atoms with E-state index in [1.807, 2.05) is 7.05 Å². The van der Waals surface area contributed by atoms with Crippen molar-refractivity contribution in [2.24, 2.45) is 7.05 Å². The Hall–Kier alpha value is -1.43. The molecule has 2 atom stereocenters. The molecular weight excluding hydrogens is 196 g/mol. The van der Waals surface area contributed by atoms with Crippen molar-refractivity contribution in [1.29, 1.82) is 0 Å². The van der Waals surface area contributed by atoms with E-state index >= 15 is 0 Å². The molecule has 2 N–H and O–H groups in total. The summed E-state index contributed by atoms with van der Waals surface area (Å²) >= 11 is 0. The molecule has 1 fully saturated rings. The van der Waals surface area contributed by atoms with Gasteiger partial charge in [-0.05, 0) is 19.3 Å². The zero-order chi connectivity index (χ0) is 10.8. The maximum atomic E-state index is 10.8. The molecule has 1 saturated heterocycles. The number of aryl methyl sites for hydroxylation is 1. The highest BCUT2D eigenvalue weighted by Crippen LogP contribution is 2.23. The summed E-state index contributed by atoms with van der Waals surface area (Å²) in [7, 11) is 1.81. The summed E-state index contributed by atoms with van der Waals surface area (Å²) in [5.41, 5.74) is 0. The molecule has 82 valence electrons. The number of rotatable bonds is 2. The lowest BCUT2D eigenvalue weighted by atomic mass is 9.98. The molecule has 0 spiro atoms. The third-order valence-electron chi connectivity index (χ3n) is 2.74. The standard InChI is InChI=1S/C9H14N4O2/c1-13-8(10-5-11-13)6-3-2-4-7(12-6)9(14)15/h5-7,12H,2-4H2,1H3,(H,14,15). The van der Waals surface area contributed by atoms with Crippen LogP contribution in [0.4, 0.5) is 0 Å². The molecule has 1 aromatic rings. The zero-order valence-corrected chi connectivity index (χ0v) is 8.55. The molecule has 6 heteroatoms. The molecule has 0 aromatic carbocycles. The molecule has 0 bridgehead atoms. The number of aliphatic carboxylic acids is 1. The monoisotopic (exact) mass is 210 g/mol. The van der Waals surface area contributed by atoms with Gasteiger partial charge in [0.2, 0.25) is 0 Å². The van der Waals surface area contributed by atoms with Crippen LogP contribution in [0.3, 0.4) is 0 Å². The summed E-state index contributed by atoms with van der Waals surface area (Å²) in [5.74, 6) is 0.0165. The van der Waals surface area contributed by atoms with E-state index in [0.29, 0.717) is 6.42 Å². The van der Waals surface area contributed by atoms with Crippen molar-refractivity contribution in [3.8, 4) is 0 Å². The summed E-state index contributed by atoms with van der Waals surface area (Å²) in [6, 6.07) is -0.451. The number of aromatic nitrogens is 3. The topological polar surface area (TPSA) is 80.0 Å². The molecule has 6 nitrogen and oxygen atoms in total. The van der Waals surface area contributed by atoms with Gasteiger partial charge in [0.25, 0.3) is 0 Å². The van der Waals surface area contributed by atoms with Gasteiger partial charge < -0.3 is 5.11 Å². The van der Waals surface area contributed by atoms with Gasteiger partial charge in [0.15, 0.2) is 0 Å². The first kappa shape index (κ1) is 10.1. The highest BCUT2D eigenvalue weighted by molar-refractivity contribution is 5.73. The Labute approximate surface area is 87.3 Å². The normalized spacial score (nSPS) is 26.5. The van der Waals surface area contributed by atoms with Gasteiger partial charge in [0.1, 0.15) is 18.2 Å². The van der Waals surface area contributed by atoms with E-state index in [9.17, 15) is 4.79 Å². The van der Waals surface area contributed by atoms with Gasteiger partial charge in [-0.3, -0.25) is 14.8 Å². The van der Waals surface area contributed by atoms with E-state index in [2.05, 4.69) is 15.4 Å². The molecule has 1 aliphatic heterocycles. The number of carbonyl (C=O) groups is 1. The smallest absolute Gasteiger partial charge is 0.320 e. The molecule has 1 aromatic heterocycles. The number of carboxylic acid groups (broad SMARTS) is 1. The minimum absolute atomic E-state index is 0.00681. The third-order valence-corrected chi connectivity index (χ3v) is 2.74. The Morgan fingerprint density at radius 2 is 2.47 bits per heavy atom. The van der Waals surface area contributed by atoms with Crippen LogP contribution in [0.25, 0.3) is 0 Å². The van der Waals surface area contributed by atoms with Crippen LogP contribution < -0.4 is 5.32 Å². The molecule has 1 aliphatic rings. The fourth-order valence-corrected chi connectivity index (χ4v) is 1.95. The fraction of sp³-hybridized carbons (Fsp3) is 0.667. The second-order valence-electron chi connectivity index (χ2n) is 3.78. The maximum Gasteiger partial charge on any atom is 0.320 e. The zero-order valence-electron chi connectivity index (χ0n) is 8.55. The van der Waals surface area contributed by atoms with Crippen LogP contribution in [0.5, 0.6) is 0 Å². The molecule has 15 heavy (non-hydrogen) atoms. The van der Waals surface area contributed by atoms with Crippen LogP contribution in [-0.4, -0.2) is 31.9 Å². The number of piperidine rings is 1. The quantitative estimate of drug-likeness (QED) is 0.722. The van der Waals surface area contributed by atoms with Gasteiger partial charge in [0, 0.05) is 7.05 Å². The maximum absolute atomic E-state index is 10.8. The van der Waals surface area contributed by atoms with Gasteiger partial charge in [-0.15, -0.1) is 0 Å². The largest absolute Gasteiger partial charge is 0.480 e. The molecule has 0 amide bonds. The first-order valence-electron chi connectivity index (χ1n) is 5.01. The van der Waals surface area contributed by atoms with E-state index in [0.717, 1.165) is 18.7 Å². The molecule has 0 aliphatic carbocycles. The first-order valence-corrected chi connectivity index (χ1v) is 5.01.